The van der Waals surface area contributed by atoms with Crippen molar-refractivity contribution in [3.8, 4) is 11.5 Å². The lowest BCUT2D eigenvalue weighted by Crippen LogP contribution is -2.02. The molecule has 0 bridgehead atoms. The Kier molecular flexibility index (Phi) is 4.02. The van der Waals surface area contributed by atoms with Crippen molar-refractivity contribution in [2.75, 3.05) is 12.1 Å². The van der Waals surface area contributed by atoms with Crippen LogP contribution in [0.3, 0.4) is 0 Å². The third-order valence-corrected chi connectivity index (χ3v) is 4.57. The highest BCUT2D eigenvalue weighted by Crippen LogP contribution is 2.37. The van der Waals surface area contributed by atoms with E-state index in [0.29, 0.717) is 6.54 Å². The minimum Gasteiger partial charge on any atom is -0.454 e. The normalized spacial score (nSPS) is 12.6. The number of hydrogen-bond acceptors (Lipinski definition) is 3. The van der Waals surface area contributed by atoms with Crippen LogP contribution in [0, 0.1) is 9.39 Å². The highest BCUT2D eigenvalue weighted by molar-refractivity contribution is 14.1. The Bertz CT molecular complexity index is 666. The number of hydrogen-bond donors (Lipinski definition) is 1. The van der Waals surface area contributed by atoms with Crippen LogP contribution in [0.5, 0.6) is 11.5 Å². The molecule has 1 heterocycles. The van der Waals surface area contributed by atoms with Crippen molar-refractivity contribution in [2.24, 2.45) is 0 Å². The van der Waals surface area contributed by atoms with E-state index in [1.165, 1.54) is 12.1 Å². The summed E-state index contributed by atoms with van der Waals surface area (Å²) in [6.07, 6.45) is 0. The molecule has 2 aromatic carbocycles. The quantitative estimate of drug-likeness (QED) is 0.698. The molecule has 0 aliphatic carbocycles. The van der Waals surface area contributed by atoms with E-state index in [9.17, 15) is 4.39 Å². The van der Waals surface area contributed by atoms with Crippen LogP contribution in [0.15, 0.2) is 34.8 Å². The van der Waals surface area contributed by atoms with Crippen LogP contribution >= 0.6 is 38.5 Å². The zero-order valence-corrected chi connectivity index (χ0v) is 14.0. The van der Waals surface area contributed by atoms with Gasteiger partial charge in [0, 0.05) is 20.3 Å². The Labute approximate surface area is 137 Å². The predicted molar refractivity (Wildman–Crippen MR) is 86.7 cm³/mol. The van der Waals surface area contributed by atoms with Crippen LogP contribution in [-0.2, 0) is 6.54 Å². The van der Waals surface area contributed by atoms with E-state index in [2.05, 4.69) is 43.8 Å². The average Bonchev–Trinajstić information content (AvgIpc) is 2.84. The molecule has 0 amide bonds. The van der Waals surface area contributed by atoms with Crippen molar-refractivity contribution >= 4 is 44.2 Å². The molecule has 1 aliphatic heterocycles. The molecule has 2 aromatic rings. The van der Waals surface area contributed by atoms with Crippen molar-refractivity contribution in [2.45, 2.75) is 6.54 Å². The number of nitrogens with one attached hydrogen (secondary N) is 1. The maximum atomic E-state index is 13.1. The van der Waals surface area contributed by atoms with Crippen molar-refractivity contribution in [1.29, 1.82) is 0 Å². The topological polar surface area (TPSA) is 30.5 Å². The fourth-order valence-electron chi connectivity index (χ4n) is 1.92. The maximum Gasteiger partial charge on any atom is 0.231 e. The zero-order valence-electron chi connectivity index (χ0n) is 10.3. The molecule has 0 fully saturated rings. The lowest BCUT2D eigenvalue weighted by molar-refractivity contribution is 0.174. The summed E-state index contributed by atoms with van der Waals surface area (Å²) in [7, 11) is 0. The summed E-state index contributed by atoms with van der Waals surface area (Å²) in [6, 6.07) is 8.51. The first kappa shape index (κ1) is 13.9. The Balaban J connectivity index is 1.78. The zero-order chi connectivity index (χ0) is 14.1. The second kappa shape index (κ2) is 5.77. The first-order chi connectivity index (χ1) is 9.63. The van der Waals surface area contributed by atoms with Gasteiger partial charge in [0.05, 0.1) is 0 Å². The molecular weight excluding hydrogens is 440 g/mol. The van der Waals surface area contributed by atoms with E-state index < -0.39 is 0 Å². The molecule has 20 heavy (non-hydrogen) atoms. The summed E-state index contributed by atoms with van der Waals surface area (Å²) >= 11 is 5.62. The minimum absolute atomic E-state index is 0.232. The van der Waals surface area contributed by atoms with Gasteiger partial charge in [-0.25, -0.2) is 4.39 Å². The molecule has 0 saturated heterocycles. The number of rotatable bonds is 3. The van der Waals surface area contributed by atoms with E-state index in [4.69, 9.17) is 9.47 Å². The molecule has 0 aromatic heterocycles. The lowest BCUT2D eigenvalue weighted by Gasteiger charge is -2.11. The van der Waals surface area contributed by atoms with Crippen molar-refractivity contribution in [3.05, 3.63) is 49.8 Å². The fraction of sp³-hybridized carbons (Fsp3) is 0.143. The van der Waals surface area contributed by atoms with Crippen molar-refractivity contribution in [1.82, 2.24) is 0 Å². The minimum atomic E-state index is -0.232. The van der Waals surface area contributed by atoms with E-state index in [1.54, 1.807) is 6.07 Å². The standard InChI is InChI=1S/C14H10BrFINO2/c15-10-5-14-13(19-7-20-14)3-8(10)6-18-12-2-1-9(16)4-11(12)17/h1-5,18H,6-7H2. The highest BCUT2D eigenvalue weighted by Gasteiger charge is 2.16. The molecule has 1 N–H and O–H groups in total. The van der Waals surface area contributed by atoms with Gasteiger partial charge in [0.25, 0.3) is 0 Å². The van der Waals surface area contributed by atoms with Gasteiger partial charge in [0.15, 0.2) is 11.5 Å². The molecule has 0 unspecified atom stereocenters. The first-order valence-electron chi connectivity index (χ1n) is 5.90. The van der Waals surface area contributed by atoms with Gasteiger partial charge in [-0.3, -0.25) is 0 Å². The maximum absolute atomic E-state index is 13.1. The van der Waals surface area contributed by atoms with Crippen LogP contribution in [0.2, 0.25) is 0 Å². The Morgan fingerprint density at radius 1 is 1.20 bits per heavy atom. The van der Waals surface area contributed by atoms with Gasteiger partial charge in [0.2, 0.25) is 6.79 Å². The Morgan fingerprint density at radius 2 is 1.95 bits per heavy atom. The SMILES string of the molecule is Fc1ccc(NCc2cc3c(cc2Br)OCO3)c(I)c1. The Morgan fingerprint density at radius 3 is 2.70 bits per heavy atom. The molecular formula is C14H10BrFINO2. The molecule has 1 aliphatic rings. The summed E-state index contributed by atoms with van der Waals surface area (Å²) < 4.78 is 25.5. The number of fused-ring (bicyclic) bond motifs is 1. The van der Waals surface area contributed by atoms with E-state index in [1.807, 2.05) is 12.1 Å². The molecule has 0 spiro atoms. The summed E-state index contributed by atoms with van der Waals surface area (Å²) in [5.74, 6) is 1.26. The van der Waals surface area contributed by atoms with Gasteiger partial charge in [-0.15, -0.1) is 0 Å². The lowest BCUT2D eigenvalue weighted by atomic mass is 10.2. The summed E-state index contributed by atoms with van der Waals surface area (Å²) in [4.78, 5) is 0. The molecule has 104 valence electrons. The van der Waals surface area contributed by atoms with E-state index in [0.717, 1.165) is 30.8 Å². The van der Waals surface area contributed by atoms with Crippen LogP contribution in [0.4, 0.5) is 10.1 Å². The first-order valence-corrected chi connectivity index (χ1v) is 7.77. The number of anilines is 1. The van der Waals surface area contributed by atoms with Gasteiger partial charge >= 0.3 is 0 Å². The smallest absolute Gasteiger partial charge is 0.231 e. The van der Waals surface area contributed by atoms with Crippen LogP contribution in [0.25, 0.3) is 0 Å². The van der Waals surface area contributed by atoms with Crippen molar-refractivity contribution in [3.63, 3.8) is 0 Å². The number of benzene rings is 2. The Hall–Kier alpha value is -1.02. The van der Waals surface area contributed by atoms with Gasteiger partial charge in [0.1, 0.15) is 5.82 Å². The largest absolute Gasteiger partial charge is 0.454 e. The van der Waals surface area contributed by atoms with Gasteiger partial charge < -0.3 is 14.8 Å². The molecule has 0 radical (unpaired) electrons. The van der Waals surface area contributed by atoms with Crippen LogP contribution in [-0.4, -0.2) is 6.79 Å². The predicted octanol–water partition coefficient (Wildman–Crippen LogP) is 4.53. The monoisotopic (exact) mass is 449 g/mol. The summed E-state index contributed by atoms with van der Waals surface area (Å²) in [5, 5.41) is 3.29. The second-order valence-corrected chi connectivity index (χ2v) is 6.29. The third-order valence-electron chi connectivity index (χ3n) is 2.94. The summed E-state index contributed by atoms with van der Waals surface area (Å²) in [6.45, 7) is 0.868. The number of halogens is 3. The van der Waals surface area contributed by atoms with Crippen LogP contribution < -0.4 is 14.8 Å². The molecule has 6 heteroatoms. The molecule has 0 atom stereocenters. The molecule has 3 nitrogen and oxygen atoms in total. The van der Waals surface area contributed by atoms with E-state index >= 15 is 0 Å². The highest BCUT2D eigenvalue weighted by atomic mass is 127. The van der Waals surface area contributed by atoms with E-state index in [-0.39, 0.29) is 12.6 Å². The van der Waals surface area contributed by atoms with Gasteiger partial charge in [-0.1, -0.05) is 15.9 Å². The van der Waals surface area contributed by atoms with Gasteiger partial charge in [-0.05, 0) is 58.5 Å². The third kappa shape index (κ3) is 2.85. The molecule has 0 saturated carbocycles. The van der Waals surface area contributed by atoms with Crippen molar-refractivity contribution < 1.29 is 13.9 Å². The summed E-state index contributed by atoms with van der Waals surface area (Å²) in [5.41, 5.74) is 1.95. The van der Waals surface area contributed by atoms with Gasteiger partial charge in [-0.2, -0.15) is 0 Å². The second-order valence-electron chi connectivity index (χ2n) is 4.27. The average molecular weight is 450 g/mol. The van der Waals surface area contributed by atoms with Crippen LogP contribution in [0.1, 0.15) is 5.56 Å². The fourth-order valence-corrected chi connectivity index (χ4v) is 3.05. The molecule has 3 rings (SSSR count). The number of ether oxygens (including phenoxy) is 2.